The molecule has 1 fully saturated rings. The minimum Gasteiger partial charge on any atom is -0.497 e. The van der Waals surface area contributed by atoms with Gasteiger partial charge in [0, 0.05) is 11.3 Å². The molecule has 0 N–H and O–H groups in total. The minimum atomic E-state index is -1.25. The second kappa shape index (κ2) is 9.85. The van der Waals surface area contributed by atoms with Crippen LogP contribution in [0.15, 0.2) is 42.5 Å². The number of rotatable bonds is 6. The molecule has 0 radical (unpaired) electrons. The van der Waals surface area contributed by atoms with Crippen LogP contribution in [0, 0.1) is 0 Å². The summed E-state index contributed by atoms with van der Waals surface area (Å²) in [6, 6.07) is 9.75. The molecule has 3 amide bonds. The van der Waals surface area contributed by atoms with Gasteiger partial charge < -0.3 is 19.1 Å². The SMILES string of the molecule is COc1ccc(N2C(=O)[C@H](N3C(=O)c4c(Cl)c(Cl)c(Cl)c(Cl)c4C3=O)[C@@H]2c2cc(OC)ccc2OC)cc1. The van der Waals surface area contributed by atoms with Crippen molar-refractivity contribution in [2.75, 3.05) is 26.2 Å². The van der Waals surface area contributed by atoms with Gasteiger partial charge in [-0.1, -0.05) is 46.4 Å². The number of hydrogen-bond acceptors (Lipinski definition) is 6. The van der Waals surface area contributed by atoms with Crippen molar-refractivity contribution >= 4 is 69.8 Å². The number of methoxy groups -OCH3 is 3. The molecule has 3 aromatic rings. The summed E-state index contributed by atoms with van der Waals surface area (Å²) in [6.07, 6.45) is 0. The lowest BCUT2D eigenvalue weighted by atomic mass is 9.85. The monoisotopic (exact) mass is 594 g/mol. The van der Waals surface area contributed by atoms with Gasteiger partial charge in [0.2, 0.25) is 0 Å². The van der Waals surface area contributed by atoms with Gasteiger partial charge in [-0.3, -0.25) is 19.3 Å². The predicted octanol–water partition coefficient (Wildman–Crippen LogP) is 6.08. The van der Waals surface area contributed by atoms with Gasteiger partial charge in [0.05, 0.1) is 58.6 Å². The van der Waals surface area contributed by atoms with Gasteiger partial charge in [-0.25, -0.2) is 0 Å². The fourth-order valence-corrected chi connectivity index (χ4v) is 5.77. The van der Waals surface area contributed by atoms with Crippen LogP contribution in [-0.4, -0.2) is 50.0 Å². The van der Waals surface area contributed by atoms with E-state index in [9.17, 15) is 14.4 Å². The molecule has 0 saturated carbocycles. The molecule has 0 bridgehead atoms. The number of fused-ring (bicyclic) bond motifs is 1. The Hall–Kier alpha value is -3.17. The molecule has 3 aromatic carbocycles. The third-order valence-corrected chi connectivity index (χ3v) is 8.39. The number of amides is 3. The molecule has 2 heterocycles. The first-order valence-electron chi connectivity index (χ1n) is 11.1. The number of ether oxygens (including phenoxy) is 3. The zero-order valence-corrected chi connectivity index (χ0v) is 23.1. The van der Waals surface area contributed by atoms with Crippen molar-refractivity contribution in [1.29, 1.82) is 0 Å². The first-order chi connectivity index (χ1) is 18.2. The number of halogens is 4. The van der Waals surface area contributed by atoms with Crippen LogP contribution >= 0.6 is 46.4 Å². The number of hydrogen-bond donors (Lipinski definition) is 0. The Kier molecular flexibility index (Phi) is 6.86. The third kappa shape index (κ3) is 3.78. The summed E-state index contributed by atoms with van der Waals surface area (Å²) >= 11 is 25.0. The minimum absolute atomic E-state index is 0.161. The number of imide groups is 1. The van der Waals surface area contributed by atoms with Gasteiger partial charge in [-0.2, -0.15) is 0 Å². The molecule has 1 saturated heterocycles. The zero-order chi connectivity index (χ0) is 27.5. The van der Waals surface area contributed by atoms with E-state index in [-0.39, 0.29) is 31.2 Å². The Labute approximate surface area is 237 Å². The van der Waals surface area contributed by atoms with Gasteiger partial charge in [-0.15, -0.1) is 0 Å². The van der Waals surface area contributed by atoms with E-state index < -0.39 is 29.8 Å². The van der Waals surface area contributed by atoms with Gasteiger partial charge in [0.15, 0.2) is 0 Å². The highest BCUT2D eigenvalue weighted by Crippen LogP contribution is 2.50. The number of β-lactam (4-membered cyclic amide) rings is 1. The quantitative estimate of drug-likeness (QED) is 0.149. The molecule has 8 nitrogen and oxygen atoms in total. The van der Waals surface area contributed by atoms with Crippen molar-refractivity contribution in [1.82, 2.24) is 4.90 Å². The van der Waals surface area contributed by atoms with Crippen LogP contribution in [0.3, 0.4) is 0 Å². The summed E-state index contributed by atoms with van der Waals surface area (Å²) in [5.74, 6) is -0.632. The normalized spacial score (nSPS) is 18.4. The van der Waals surface area contributed by atoms with E-state index in [0.29, 0.717) is 28.5 Å². The molecule has 2 atom stereocenters. The Morgan fingerprint density at radius 2 is 1.16 bits per heavy atom. The predicted molar refractivity (Wildman–Crippen MR) is 144 cm³/mol. The molecule has 12 heteroatoms. The summed E-state index contributed by atoms with van der Waals surface area (Å²) < 4.78 is 16.2. The topological polar surface area (TPSA) is 85.4 Å². The van der Waals surface area contributed by atoms with Crippen LogP contribution in [0.4, 0.5) is 5.69 Å². The smallest absolute Gasteiger partial charge is 0.264 e. The van der Waals surface area contributed by atoms with Gasteiger partial charge in [0.1, 0.15) is 23.3 Å². The fourth-order valence-electron chi connectivity index (χ4n) is 4.75. The van der Waals surface area contributed by atoms with Crippen LogP contribution < -0.4 is 19.1 Å². The lowest BCUT2D eigenvalue weighted by Gasteiger charge is -2.50. The van der Waals surface area contributed by atoms with E-state index in [0.717, 1.165) is 4.90 Å². The molecule has 0 aromatic heterocycles. The van der Waals surface area contributed by atoms with E-state index in [1.807, 2.05) is 0 Å². The molecule has 2 aliphatic rings. The van der Waals surface area contributed by atoms with Crippen molar-refractivity contribution in [2.24, 2.45) is 0 Å². The van der Waals surface area contributed by atoms with Crippen LogP contribution in [0.5, 0.6) is 17.2 Å². The van der Waals surface area contributed by atoms with Crippen LogP contribution in [-0.2, 0) is 4.79 Å². The van der Waals surface area contributed by atoms with Gasteiger partial charge >= 0.3 is 0 Å². The van der Waals surface area contributed by atoms with Crippen molar-refractivity contribution in [3.8, 4) is 17.2 Å². The third-order valence-electron chi connectivity index (χ3n) is 6.58. The molecular formula is C26H18Cl4N2O6. The number of anilines is 1. The average molecular weight is 596 g/mol. The van der Waals surface area contributed by atoms with Crippen molar-refractivity contribution < 1.29 is 28.6 Å². The molecule has 0 unspecified atom stereocenters. The van der Waals surface area contributed by atoms with Crippen LogP contribution in [0.1, 0.15) is 32.3 Å². The fraction of sp³-hybridized carbons (Fsp3) is 0.192. The standard InChI is InChI=1S/C26H18Cl4N2O6/c1-36-12-6-4-11(5-7-12)31-22(14-10-13(37-2)8-9-15(14)38-3)23(26(31)35)32-24(33)16-17(25(32)34)19(28)21(30)20(29)18(16)27/h4-10,22-23H,1-3H3/t22-,23+/m0/s1. The number of benzene rings is 3. The van der Waals surface area contributed by atoms with Crippen molar-refractivity contribution in [3.05, 3.63) is 79.2 Å². The van der Waals surface area contributed by atoms with E-state index in [4.69, 9.17) is 60.6 Å². The first-order valence-corrected chi connectivity index (χ1v) is 12.6. The molecule has 0 aliphatic carbocycles. The lowest BCUT2D eigenvalue weighted by molar-refractivity contribution is -0.130. The molecule has 38 heavy (non-hydrogen) atoms. The molecule has 196 valence electrons. The highest BCUT2D eigenvalue weighted by molar-refractivity contribution is 6.55. The summed E-state index contributed by atoms with van der Waals surface area (Å²) in [7, 11) is 4.50. The maximum atomic E-state index is 13.7. The average Bonchev–Trinajstić information content (AvgIpc) is 3.18. The van der Waals surface area contributed by atoms with Crippen LogP contribution in [0.2, 0.25) is 20.1 Å². The molecular weight excluding hydrogens is 578 g/mol. The highest BCUT2D eigenvalue weighted by Gasteiger charge is 2.59. The molecule has 5 rings (SSSR count). The highest BCUT2D eigenvalue weighted by atomic mass is 35.5. The Morgan fingerprint density at radius 1 is 0.632 bits per heavy atom. The molecule has 2 aliphatic heterocycles. The lowest BCUT2D eigenvalue weighted by Crippen LogP contribution is -2.67. The Morgan fingerprint density at radius 3 is 1.66 bits per heavy atom. The zero-order valence-electron chi connectivity index (χ0n) is 20.1. The van der Waals surface area contributed by atoms with Gasteiger partial charge in [-0.05, 0) is 42.5 Å². The maximum absolute atomic E-state index is 13.7. The second-order valence-corrected chi connectivity index (χ2v) is 9.90. The first kappa shape index (κ1) is 26.4. The molecule has 0 spiro atoms. The number of carbonyl (C=O) groups excluding carboxylic acids is 3. The summed E-state index contributed by atoms with van der Waals surface area (Å²) in [4.78, 5) is 43.3. The number of nitrogens with zero attached hydrogens (tertiary/aromatic N) is 2. The van der Waals surface area contributed by atoms with Crippen LogP contribution in [0.25, 0.3) is 0 Å². The summed E-state index contributed by atoms with van der Waals surface area (Å²) in [5.41, 5.74) is 0.615. The van der Waals surface area contributed by atoms with E-state index in [2.05, 4.69) is 0 Å². The van der Waals surface area contributed by atoms with Crippen molar-refractivity contribution in [3.63, 3.8) is 0 Å². The second-order valence-electron chi connectivity index (χ2n) is 8.39. The summed E-state index contributed by atoms with van der Waals surface area (Å²) in [6.45, 7) is 0. The van der Waals surface area contributed by atoms with E-state index in [1.165, 1.54) is 26.2 Å². The van der Waals surface area contributed by atoms with E-state index in [1.54, 1.807) is 42.5 Å². The van der Waals surface area contributed by atoms with Gasteiger partial charge in [0.25, 0.3) is 17.7 Å². The summed E-state index contributed by atoms with van der Waals surface area (Å²) in [5, 5.41) is -0.755. The Balaban J connectivity index is 1.67. The van der Waals surface area contributed by atoms with E-state index >= 15 is 0 Å². The Bertz CT molecular complexity index is 1460. The largest absolute Gasteiger partial charge is 0.497 e. The maximum Gasteiger partial charge on any atom is 0.264 e. The van der Waals surface area contributed by atoms with Crippen molar-refractivity contribution in [2.45, 2.75) is 12.1 Å². The number of carbonyl (C=O) groups is 3.